The zero-order valence-electron chi connectivity index (χ0n) is 11.9. The summed E-state index contributed by atoms with van der Waals surface area (Å²) in [5.74, 6) is -0.371. The molecule has 0 radical (unpaired) electrons. The number of aromatic hydroxyl groups is 1. The number of benzene rings is 2. The summed E-state index contributed by atoms with van der Waals surface area (Å²) in [6.45, 7) is 0. The number of rotatable bonds is 3. The first-order chi connectivity index (χ1) is 11.1. The van der Waals surface area contributed by atoms with Gasteiger partial charge in [-0.2, -0.15) is 5.10 Å². The number of nitrogens with zero attached hydrogens (tertiary/aromatic N) is 2. The van der Waals surface area contributed by atoms with Gasteiger partial charge in [-0.15, -0.1) is 0 Å². The highest BCUT2D eigenvalue weighted by Crippen LogP contribution is 2.25. The molecule has 0 saturated heterocycles. The predicted octanol–water partition coefficient (Wildman–Crippen LogP) is 3.36. The van der Waals surface area contributed by atoms with Crippen LogP contribution in [0.25, 0.3) is 10.8 Å². The number of phenolic OH excluding ortho intramolecular Hbond substituents is 1. The molecule has 2 N–H and O–H groups in total. The van der Waals surface area contributed by atoms with Crippen molar-refractivity contribution in [2.45, 2.75) is 0 Å². The molecule has 23 heavy (non-hydrogen) atoms. The van der Waals surface area contributed by atoms with E-state index < -0.39 is 5.91 Å². The third-order valence-corrected chi connectivity index (χ3v) is 3.49. The highest BCUT2D eigenvalue weighted by molar-refractivity contribution is 6.30. The summed E-state index contributed by atoms with van der Waals surface area (Å²) in [6.07, 6.45) is 2.79. The largest absolute Gasteiger partial charge is 0.507 e. The normalized spacial score (nSPS) is 11.0. The van der Waals surface area contributed by atoms with Gasteiger partial charge in [0.2, 0.25) is 0 Å². The lowest BCUT2D eigenvalue weighted by atomic mass is 10.0. The molecular weight excluding hydrogens is 314 g/mol. The maximum Gasteiger partial charge on any atom is 0.289 e. The van der Waals surface area contributed by atoms with Gasteiger partial charge in [-0.25, -0.2) is 10.4 Å². The van der Waals surface area contributed by atoms with Gasteiger partial charge in [0, 0.05) is 11.8 Å². The van der Waals surface area contributed by atoms with E-state index in [4.69, 9.17) is 11.6 Å². The minimum Gasteiger partial charge on any atom is -0.507 e. The lowest BCUT2D eigenvalue weighted by Crippen LogP contribution is -2.18. The van der Waals surface area contributed by atoms with Crippen molar-refractivity contribution >= 4 is 34.5 Å². The molecule has 114 valence electrons. The third kappa shape index (κ3) is 3.30. The highest BCUT2D eigenvalue weighted by Gasteiger charge is 2.07. The van der Waals surface area contributed by atoms with E-state index in [0.717, 1.165) is 10.8 Å². The number of hydrazone groups is 1. The number of hydrogen-bond donors (Lipinski definition) is 2. The second-order valence-corrected chi connectivity index (χ2v) is 5.22. The Morgan fingerprint density at radius 1 is 1.17 bits per heavy atom. The Balaban J connectivity index is 1.82. The van der Waals surface area contributed by atoms with Gasteiger partial charge >= 0.3 is 0 Å². The molecule has 0 atom stereocenters. The summed E-state index contributed by atoms with van der Waals surface area (Å²) in [4.78, 5) is 15.8. The van der Waals surface area contributed by atoms with E-state index in [2.05, 4.69) is 15.5 Å². The van der Waals surface area contributed by atoms with Crippen LogP contribution in [0.5, 0.6) is 5.75 Å². The van der Waals surface area contributed by atoms with Crippen LogP contribution in [0, 0.1) is 0 Å². The Morgan fingerprint density at radius 2 is 2.00 bits per heavy atom. The van der Waals surface area contributed by atoms with Gasteiger partial charge < -0.3 is 5.11 Å². The van der Waals surface area contributed by atoms with Crippen LogP contribution in [0.3, 0.4) is 0 Å². The molecule has 0 bridgehead atoms. The fourth-order valence-electron chi connectivity index (χ4n) is 2.14. The number of nitrogens with one attached hydrogen (secondary N) is 1. The first kappa shape index (κ1) is 15.0. The predicted molar refractivity (Wildman–Crippen MR) is 89.9 cm³/mol. The Morgan fingerprint density at radius 3 is 2.78 bits per heavy atom. The third-order valence-electron chi connectivity index (χ3n) is 3.27. The van der Waals surface area contributed by atoms with Gasteiger partial charge in [0.25, 0.3) is 5.91 Å². The van der Waals surface area contributed by atoms with Crippen LogP contribution in [0.1, 0.15) is 16.1 Å². The smallest absolute Gasteiger partial charge is 0.289 e. The van der Waals surface area contributed by atoms with E-state index >= 15 is 0 Å². The van der Waals surface area contributed by atoms with Gasteiger partial charge in [-0.3, -0.25) is 4.79 Å². The second kappa shape index (κ2) is 6.46. The Kier molecular flexibility index (Phi) is 4.21. The van der Waals surface area contributed by atoms with Gasteiger partial charge in [-0.05, 0) is 29.0 Å². The van der Waals surface area contributed by atoms with Crippen LogP contribution in [0.2, 0.25) is 5.02 Å². The molecule has 0 aliphatic heterocycles. The molecule has 1 aromatic heterocycles. The Labute approximate surface area is 137 Å². The number of carbonyl (C=O) groups is 1. The first-order valence-corrected chi connectivity index (χ1v) is 7.18. The summed E-state index contributed by atoms with van der Waals surface area (Å²) in [5.41, 5.74) is 3.11. The van der Waals surface area contributed by atoms with Crippen molar-refractivity contribution in [3.05, 3.63) is 71.0 Å². The summed E-state index contributed by atoms with van der Waals surface area (Å²) in [5, 5.41) is 16.1. The lowest BCUT2D eigenvalue weighted by Gasteiger charge is -2.04. The van der Waals surface area contributed by atoms with Gasteiger partial charge in [-0.1, -0.05) is 41.9 Å². The lowest BCUT2D eigenvalue weighted by molar-refractivity contribution is 0.0950. The summed E-state index contributed by atoms with van der Waals surface area (Å²) < 4.78 is 0. The zero-order chi connectivity index (χ0) is 16.2. The fourth-order valence-corrected chi connectivity index (χ4v) is 2.25. The Hall–Kier alpha value is -2.92. The van der Waals surface area contributed by atoms with Crippen molar-refractivity contribution in [1.82, 2.24) is 10.4 Å². The molecule has 3 rings (SSSR count). The van der Waals surface area contributed by atoms with E-state index in [1.165, 1.54) is 18.5 Å². The average Bonchev–Trinajstić information content (AvgIpc) is 2.57. The highest BCUT2D eigenvalue weighted by atomic mass is 35.5. The van der Waals surface area contributed by atoms with Crippen LogP contribution < -0.4 is 5.43 Å². The molecule has 0 spiro atoms. The molecule has 0 fully saturated rings. The van der Waals surface area contributed by atoms with Gasteiger partial charge in [0.1, 0.15) is 11.4 Å². The van der Waals surface area contributed by atoms with Crippen molar-refractivity contribution < 1.29 is 9.90 Å². The number of pyridine rings is 1. The molecule has 3 aromatic rings. The first-order valence-electron chi connectivity index (χ1n) is 6.81. The van der Waals surface area contributed by atoms with Crippen LogP contribution in [-0.4, -0.2) is 22.2 Å². The molecule has 1 amide bonds. The molecular formula is C17H12ClN3O2. The van der Waals surface area contributed by atoms with Crippen molar-refractivity contribution in [2.24, 2.45) is 5.10 Å². The number of amides is 1. The second-order valence-electron chi connectivity index (χ2n) is 4.78. The van der Waals surface area contributed by atoms with E-state index in [0.29, 0.717) is 10.6 Å². The van der Waals surface area contributed by atoms with E-state index in [1.54, 1.807) is 12.1 Å². The summed E-state index contributed by atoms with van der Waals surface area (Å²) >= 11 is 5.72. The number of fused-ring (bicyclic) bond motifs is 1. The number of phenols is 1. The molecule has 0 aliphatic rings. The number of halogens is 1. The standard InChI is InChI=1S/C17H12ClN3O2/c18-12-6-7-15(19-9-12)17(23)21-20-10-14-13-4-2-1-3-11(13)5-8-16(14)22/h1-10,22H,(H,21,23)/b20-10+. The van der Waals surface area contributed by atoms with Gasteiger partial charge in [0.15, 0.2) is 0 Å². The Bertz CT molecular complexity index is 892. The molecule has 0 saturated carbocycles. The van der Waals surface area contributed by atoms with Crippen molar-refractivity contribution in [2.75, 3.05) is 0 Å². The maximum atomic E-state index is 11.9. The topological polar surface area (TPSA) is 74.6 Å². The average molecular weight is 326 g/mol. The summed E-state index contributed by atoms with van der Waals surface area (Å²) in [7, 11) is 0. The minimum atomic E-state index is -0.461. The van der Waals surface area contributed by atoms with E-state index in [1.807, 2.05) is 30.3 Å². The quantitative estimate of drug-likeness (QED) is 0.573. The molecule has 1 heterocycles. The van der Waals surface area contributed by atoms with Gasteiger partial charge in [0.05, 0.1) is 11.2 Å². The van der Waals surface area contributed by atoms with Crippen LogP contribution in [0.4, 0.5) is 0 Å². The van der Waals surface area contributed by atoms with Crippen molar-refractivity contribution in [3.8, 4) is 5.75 Å². The van der Waals surface area contributed by atoms with Crippen molar-refractivity contribution in [3.63, 3.8) is 0 Å². The monoisotopic (exact) mass is 325 g/mol. The zero-order valence-corrected chi connectivity index (χ0v) is 12.7. The van der Waals surface area contributed by atoms with Crippen molar-refractivity contribution in [1.29, 1.82) is 0 Å². The number of carbonyl (C=O) groups excluding carboxylic acids is 1. The maximum absolute atomic E-state index is 11.9. The number of hydrogen-bond acceptors (Lipinski definition) is 4. The molecule has 0 unspecified atom stereocenters. The fraction of sp³-hybridized carbons (Fsp3) is 0. The molecule has 2 aromatic carbocycles. The minimum absolute atomic E-state index is 0.0892. The van der Waals surface area contributed by atoms with Crippen LogP contribution >= 0.6 is 11.6 Å². The van der Waals surface area contributed by atoms with Crippen LogP contribution in [-0.2, 0) is 0 Å². The molecule has 5 nitrogen and oxygen atoms in total. The summed E-state index contributed by atoms with van der Waals surface area (Å²) in [6, 6.07) is 14.1. The molecule has 0 aliphatic carbocycles. The van der Waals surface area contributed by atoms with E-state index in [-0.39, 0.29) is 11.4 Å². The van der Waals surface area contributed by atoms with E-state index in [9.17, 15) is 9.90 Å². The molecule has 6 heteroatoms. The van der Waals surface area contributed by atoms with Crippen LogP contribution in [0.15, 0.2) is 59.8 Å². The SMILES string of the molecule is O=C(N/N=C/c1c(O)ccc2ccccc12)c1ccc(Cl)cn1. The number of aromatic nitrogens is 1.